The first kappa shape index (κ1) is 17.5. The minimum atomic E-state index is -0.104. The van der Waals surface area contributed by atoms with Crippen LogP contribution in [0.1, 0.15) is 44.9 Å². The Balaban J connectivity index is 0.00000176. The number of nitrogens with one attached hydrogen (secondary N) is 2. The molecule has 3 unspecified atom stereocenters. The van der Waals surface area contributed by atoms with Gasteiger partial charge in [0.15, 0.2) is 0 Å². The van der Waals surface area contributed by atoms with Crippen molar-refractivity contribution in [1.29, 1.82) is 0 Å². The minimum Gasteiger partial charge on any atom is -0.352 e. The van der Waals surface area contributed by atoms with Gasteiger partial charge in [-0.15, -0.1) is 12.4 Å². The Hall–Kier alpha value is -0.810. The maximum atomic E-state index is 12.7. The average molecular weight is 330 g/mol. The van der Waals surface area contributed by atoms with Crippen molar-refractivity contribution in [2.45, 2.75) is 51.0 Å². The zero-order chi connectivity index (χ0) is 14.7. The van der Waals surface area contributed by atoms with Crippen LogP contribution in [-0.2, 0) is 9.59 Å². The van der Waals surface area contributed by atoms with Crippen molar-refractivity contribution in [2.24, 2.45) is 11.8 Å². The second-order valence-electron chi connectivity index (χ2n) is 6.73. The highest BCUT2D eigenvalue weighted by Gasteiger charge is 2.38. The van der Waals surface area contributed by atoms with Crippen molar-refractivity contribution >= 4 is 24.2 Å². The fourth-order valence-electron chi connectivity index (χ4n) is 4.00. The van der Waals surface area contributed by atoms with Gasteiger partial charge in [-0.25, -0.2) is 0 Å². The molecule has 1 saturated carbocycles. The SMILES string of the molecule is Cl.O=C(NC1CCNC1)C1CCCCC1C(=O)N1CCCC1. The van der Waals surface area contributed by atoms with Gasteiger partial charge in [0.2, 0.25) is 11.8 Å². The summed E-state index contributed by atoms with van der Waals surface area (Å²) in [6, 6.07) is 0.252. The van der Waals surface area contributed by atoms with Crippen molar-refractivity contribution in [2.75, 3.05) is 26.2 Å². The van der Waals surface area contributed by atoms with E-state index >= 15 is 0 Å². The first-order valence-corrected chi connectivity index (χ1v) is 8.55. The molecule has 126 valence electrons. The Morgan fingerprint density at radius 3 is 2.27 bits per heavy atom. The number of nitrogens with zero attached hydrogens (tertiary/aromatic N) is 1. The number of hydrogen-bond acceptors (Lipinski definition) is 3. The largest absolute Gasteiger partial charge is 0.352 e. The molecule has 0 spiro atoms. The lowest BCUT2D eigenvalue weighted by Crippen LogP contribution is -2.47. The molecule has 22 heavy (non-hydrogen) atoms. The molecular weight excluding hydrogens is 302 g/mol. The van der Waals surface area contributed by atoms with Crippen LogP contribution in [0.2, 0.25) is 0 Å². The van der Waals surface area contributed by atoms with Gasteiger partial charge in [-0.05, 0) is 38.6 Å². The van der Waals surface area contributed by atoms with Gasteiger partial charge in [-0.3, -0.25) is 9.59 Å². The van der Waals surface area contributed by atoms with Gasteiger partial charge < -0.3 is 15.5 Å². The van der Waals surface area contributed by atoms with E-state index in [1.807, 2.05) is 4.90 Å². The smallest absolute Gasteiger partial charge is 0.226 e. The molecule has 1 aliphatic carbocycles. The summed E-state index contributed by atoms with van der Waals surface area (Å²) < 4.78 is 0. The summed E-state index contributed by atoms with van der Waals surface area (Å²) in [6.45, 7) is 3.61. The molecule has 3 atom stereocenters. The number of likely N-dealkylation sites (tertiary alicyclic amines) is 1. The minimum absolute atomic E-state index is 0. The highest BCUT2D eigenvalue weighted by molar-refractivity contribution is 5.88. The summed E-state index contributed by atoms with van der Waals surface area (Å²) in [5.41, 5.74) is 0. The van der Waals surface area contributed by atoms with Gasteiger partial charge in [-0.2, -0.15) is 0 Å². The predicted molar refractivity (Wildman–Crippen MR) is 87.9 cm³/mol. The third-order valence-electron chi connectivity index (χ3n) is 5.24. The average Bonchev–Trinajstić information content (AvgIpc) is 3.19. The number of hydrogen-bond donors (Lipinski definition) is 2. The normalized spacial score (nSPS) is 31.6. The number of halogens is 1. The van der Waals surface area contributed by atoms with Crippen LogP contribution in [-0.4, -0.2) is 48.9 Å². The van der Waals surface area contributed by atoms with Crippen LogP contribution >= 0.6 is 12.4 Å². The molecule has 6 heteroatoms. The summed E-state index contributed by atoms with van der Waals surface area (Å²) in [5.74, 6) is 0.163. The Morgan fingerprint density at radius 1 is 0.955 bits per heavy atom. The van der Waals surface area contributed by atoms with Crippen molar-refractivity contribution in [3.63, 3.8) is 0 Å². The second-order valence-corrected chi connectivity index (χ2v) is 6.73. The summed E-state index contributed by atoms with van der Waals surface area (Å²) in [5, 5.41) is 6.42. The van der Waals surface area contributed by atoms with Crippen molar-refractivity contribution < 1.29 is 9.59 Å². The standard InChI is InChI=1S/C16H27N3O2.ClH/c20-15(18-12-7-8-17-11-12)13-5-1-2-6-14(13)16(21)19-9-3-4-10-19;/h12-14,17H,1-11H2,(H,18,20);1H. The van der Waals surface area contributed by atoms with E-state index in [1.165, 1.54) is 0 Å². The number of carbonyl (C=O) groups excluding carboxylic acids is 2. The molecule has 2 saturated heterocycles. The molecule has 3 fully saturated rings. The van der Waals surface area contributed by atoms with Crippen LogP contribution in [0.3, 0.4) is 0 Å². The first-order valence-electron chi connectivity index (χ1n) is 8.55. The van der Waals surface area contributed by atoms with Crippen LogP contribution in [0.5, 0.6) is 0 Å². The fourth-order valence-corrected chi connectivity index (χ4v) is 4.00. The molecular formula is C16H28ClN3O2. The number of rotatable bonds is 3. The summed E-state index contributed by atoms with van der Waals surface area (Å²) >= 11 is 0. The van der Waals surface area contributed by atoms with Crippen molar-refractivity contribution in [3.05, 3.63) is 0 Å². The van der Waals surface area contributed by atoms with Crippen molar-refractivity contribution in [1.82, 2.24) is 15.5 Å². The molecule has 2 aliphatic heterocycles. The highest BCUT2D eigenvalue weighted by Crippen LogP contribution is 2.32. The topological polar surface area (TPSA) is 61.4 Å². The van der Waals surface area contributed by atoms with E-state index in [0.717, 1.165) is 71.1 Å². The van der Waals surface area contributed by atoms with Gasteiger partial charge in [0.25, 0.3) is 0 Å². The number of carbonyl (C=O) groups is 2. The maximum absolute atomic E-state index is 12.7. The second kappa shape index (κ2) is 8.16. The molecule has 5 nitrogen and oxygen atoms in total. The Labute approximate surface area is 139 Å². The third kappa shape index (κ3) is 3.93. The molecule has 2 amide bonds. The number of amides is 2. The molecule has 0 radical (unpaired) electrons. The van der Waals surface area contributed by atoms with E-state index < -0.39 is 0 Å². The third-order valence-corrected chi connectivity index (χ3v) is 5.24. The van der Waals surface area contributed by atoms with Gasteiger partial charge in [0.05, 0.1) is 0 Å². The van der Waals surface area contributed by atoms with E-state index in [9.17, 15) is 9.59 Å². The van der Waals surface area contributed by atoms with Gasteiger partial charge >= 0.3 is 0 Å². The molecule has 0 bridgehead atoms. The Kier molecular flexibility index (Phi) is 6.50. The van der Waals surface area contributed by atoms with Crippen LogP contribution in [0, 0.1) is 11.8 Å². The van der Waals surface area contributed by atoms with E-state index in [2.05, 4.69) is 10.6 Å². The Bertz CT molecular complexity index is 393. The highest BCUT2D eigenvalue weighted by atomic mass is 35.5. The molecule has 2 N–H and O–H groups in total. The molecule has 0 aromatic heterocycles. The fraction of sp³-hybridized carbons (Fsp3) is 0.875. The summed E-state index contributed by atoms with van der Waals surface area (Å²) in [6.07, 6.45) is 7.14. The van der Waals surface area contributed by atoms with Gasteiger partial charge in [0, 0.05) is 37.5 Å². The zero-order valence-corrected chi connectivity index (χ0v) is 14.0. The van der Waals surface area contributed by atoms with E-state index in [4.69, 9.17) is 0 Å². The van der Waals surface area contributed by atoms with E-state index in [0.29, 0.717) is 0 Å². The first-order chi connectivity index (χ1) is 10.3. The quantitative estimate of drug-likeness (QED) is 0.821. The van der Waals surface area contributed by atoms with Gasteiger partial charge in [0.1, 0.15) is 0 Å². The lowest BCUT2D eigenvalue weighted by Gasteiger charge is -2.33. The Morgan fingerprint density at radius 2 is 1.64 bits per heavy atom. The molecule has 3 aliphatic rings. The monoisotopic (exact) mass is 329 g/mol. The molecule has 3 rings (SSSR count). The zero-order valence-electron chi connectivity index (χ0n) is 13.2. The summed E-state index contributed by atoms with van der Waals surface area (Å²) in [4.78, 5) is 27.2. The van der Waals surface area contributed by atoms with E-state index in [-0.39, 0.29) is 42.1 Å². The molecule has 2 heterocycles. The lowest BCUT2D eigenvalue weighted by atomic mass is 9.77. The summed E-state index contributed by atoms with van der Waals surface area (Å²) in [7, 11) is 0. The predicted octanol–water partition coefficient (Wildman–Crippen LogP) is 1.32. The maximum Gasteiger partial charge on any atom is 0.226 e. The van der Waals surface area contributed by atoms with Crippen LogP contribution in [0.4, 0.5) is 0 Å². The van der Waals surface area contributed by atoms with E-state index in [1.54, 1.807) is 0 Å². The van der Waals surface area contributed by atoms with Crippen LogP contribution in [0.25, 0.3) is 0 Å². The lowest BCUT2D eigenvalue weighted by molar-refractivity contribution is -0.143. The van der Waals surface area contributed by atoms with Crippen LogP contribution < -0.4 is 10.6 Å². The van der Waals surface area contributed by atoms with Crippen LogP contribution in [0.15, 0.2) is 0 Å². The van der Waals surface area contributed by atoms with Gasteiger partial charge in [-0.1, -0.05) is 12.8 Å². The molecule has 0 aromatic rings. The van der Waals surface area contributed by atoms with Crippen molar-refractivity contribution in [3.8, 4) is 0 Å². The molecule has 0 aromatic carbocycles.